The van der Waals surface area contributed by atoms with E-state index in [9.17, 15) is 0 Å². The van der Waals surface area contributed by atoms with Crippen molar-refractivity contribution < 1.29 is 0 Å². The average Bonchev–Trinajstić information content (AvgIpc) is 2.58. The lowest BCUT2D eigenvalue weighted by Crippen LogP contribution is -2.14. The summed E-state index contributed by atoms with van der Waals surface area (Å²) in [6.07, 6.45) is 7.43. The quantitative estimate of drug-likeness (QED) is 0.630. The Balaban J connectivity index is 1.99. The maximum absolute atomic E-state index is 2.45. The van der Waals surface area contributed by atoms with E-state index in [1.807, 2.05) is 0 Å². The van der Waals surface area contributed by atoms with Crippen molar-refractivity contribution in [2.45, 2.75) is 56.5 Å². The smallest absolute Gasteiger partial charge is 0.00810 e. The van der Waals surface area contributed by atoms with Crippen molar-refractivity contribution in [3.8, 4) is 0 Å². The van der Waals surface area contributed by atoms with Crippen molar-refractivity contribution in [3.05, 3.63) is 0 Å². The molecule has 1 heteroatoms. The predicted molar refractivity (Wildman–Crippen MR) is 56.6 cm³/mol. The summed E-state index contributed by atoms with van der Waals surface area (Å²) >= 11 is 2.28. The van der Waals surface area contributed by atoms with Gasteiger partial charge in [0.25, 0.3) is 0 Å². The average molecular weight is 184 g/mol. The first kappa shape index (κ1) is 8.93. The Kier molecular flexibility index (Phi) is 2.69. The molecule has 70 valence electrons. The highest BCUT2D eigenvalue weighted by molar-refractivity contribution is 8.00. The second kappa shape index (κ2) is 3.61. The molecule has 0 amide bonds. The lowest BCUT2D eigenvalue weighted by molar-refractivity contribution is 0.393. The lowest BCUT2D eigenvalue weighted by atomic mass is 9.89. The molecule has 0 aromatic heterocycles. The summed E-state index contributed by atoms with van der Waals surface area (Å²) in [6.45, 7) is 4.77. The minimum atomic E-state index is 0.967. The van der Waals surface area contributed by atoms with Crippen LogP contribution in [0.1, 0.15) is 46.0 Å². The van der Waals surface area contributed by atoms with Crippen LogP contribution < -0.4 is 0 Å². The highest BCUT2D eigenvalue weighted by Gasteiger charge is 2.43. The van der Waals surface area contributed by atoms with Gasteiger partial charge in [-0.05, 0) is 31.1 Å². The van der Waals surface area contributed by atoms with E-state index in [2.05, 4.69) is 25.6 Å². The van der Waals surface area contributed by atoms with Crippen LogP contribution in [0.2, 0.25) is 0 Å². The molecule has 1 saturated carbocycles. The molecule has 2 fully saturated rings. The van der Waals surface area contributed by atoms with Crippen LogP contribution in [0.3, 0.4) is 0 Å². The topological polar surface area (TPSA) is 0 Å². The van der Waals surface area contributed by atoms with Gasteiger partial charge in [0.05, 0.1) is 0 Å². The van der Waals surface area contributed by atoms with Gasteiger partial charge >= 0.3 is 0 Å². The standard InChI is InChI=1S/C11H20S/c1-3-5-11-10-7-4-6-9(10)8(2)12-11/h8-11H,3-7H2,1-2H3. The molecule has 12 heavy (non-hydrogen) atoms. The molecule has 2 rings (SSSR count). The van der Waals surface area contributed by atoms with Gasteiger partial charge < -0.3 is 0 Å². The van der Waals surface area contributed by atoms with E-state index in [1.165, 1.54) is 32.1 Å². The molecule has 1 aliphatic carbocycles. The van der Waals surface area contributed by atoms with E-state index < -0.39 is 0 Å². The second-order valence-corrected chi connectivity index (χ2v) is 6.05. The van der Waals surface area contributed by atoms with Crippen molar-refractivity contribution >= 4 is 11.8 Å². The molecule has 4 atom stereocenters. The zero-order chi connectivity index (χ0) is 8.55. The van der Waals surface area contributed by atoms with Gasteiger partial charge in [-0.3, -0.25) is 0 Å². The highest BCUT2D eigenvalue weighted by atomic mass is 32.2. The Morgan fingerprint density at radius 3 is 2.75 bits per heavy atom. The SMILES string of the molecule is CCCC1SC(C)C2CCCC12. The van der Waals surface area contributed by atoms with Crippen LogP contribution in [-0.4, -0.2) is 10.5 Å². The fourth-order valence-corrected chi connectivity index (χ4v) is 5.11. The van der Waals surface area contributed by atoms with Crippen LogP contribution in [0.15, 0.2) is 0 Å². The monoisotopic (exact) mass is 184 g/mol. The summed E-state index contributed by atoms with van der Waals surface area (Å²) in [5, 5.41) is 1.99. The fourth-order valence-electron chi connectivity index (χ4n) is 3.11. The van der Waals surface area contributed by atoms with E-state index in [1.54, 1.807) is 0 Å². The van der Waals surface area contributed by atoms with E-state index >= 15 is 0 Å². The molecule has 0 nitrogen and oxygen atoms in total. The van der Waals surface area contributed by atoms with Gasteiger partial charge in [-0.25, -0.2) is 0 Å². The van der Waals surface area contributed by atoms with Gasteiger partial charge in [-0.15, -0.1) is 0 Å². The van der Waals surface area contributed by atoms with Gasteiger partial charge in [-0.2, -0.15) is 11.8 Å². The molecular weight excluding hydrogens is 164 g/mol. The molecule has 0 N–H and O–H groups in total. The molecule has 0 aromatic rings. The Morgan fingerprint density at radius 1 is 1.25 bits per heavy atom. The van der Waals surface area contributed by atoms with Crippen LogP contribution in [0.25, 0.3) is 0 Å². The Hall–Kier alpha value is 0.350. The number of hydrogen-bond acceptors (Lipinski definition) is 1. The first-order valence-corrected chi connectivity index (χ1v) is 6.42. The van der Waals surface area contributed by atoms with Gasteiger partial charge in [0, 0.05) is 10.5 Å². The molecular formula is C11H20S. The van der Waals surface area contributed by atoms with Crippen LogP contribution in [0.4, 0.5) is 0 Å². The van der Waals surface area contributed by atoms with Crippen molar-refractivity contribution in [2.24, 2.45) is 11.8 Å². The van der Waals surface area contributed by atoms with Gasteiger partial charge in [0.2, 0.25) is 0 Å². The maximum atomic E-state index is 2.45. The van der Waals surface area contributed by atoms with Crippen LogP contribution in [-0.2, 0) is 0 Å². The van der Waals surface area contributed by atoms with E-state index in [0.717, 1.165) is 22.3 Å². The van der Waals surface area contributed by atoms with Crippen LogP contribution in [0, 0.1) is 11.8 Å². The minimum absolute atomic E-state index is 0.967. The first-order valence-electron chi connectivity index (χ1n) is 5.48. The van der Waals surface area contributed by atoms with Crippen molar-refractivity contribution in [1.82, 2.24) is 0 Å². The molecule has 4 unspecified atom stereocenters. The molecule has 1 aliphatic heterocycles. The Morgan fingerprint density at radius 2 is 2.00 bits per heavy atom. The van der Waals surface area contributed by atoms with E-state index in [-0.39, 0.29) is 0 Å². The lowest BCUT2D eigenvalue weighted by Gasteiger charge is -2.15. The third kappa shape index (κ3) is 1.41. The van der Waals surface area contributed by atoms with E-state index in [4.69, 9.17) is 0 Å². The van der Waals surface area contributed by atoms with Gasteiger partial charge in [0.1, 0.15) is 0 Å². The minimum Gasteiger partial charge on any atom is -0.155 e. The molecule has 0 spiro atoms. The third-order valence-electron chi connectivity index (χ3n) is 3.67. The Labute approximate surface area is 80.5 Å². The summed E-state index contributed by atoms with van der Waals surface area (Å²) in [7, 11) is 0. The zero-order valence-corrected chi connectivity index (χ0v) is 9.07. The van der Waals surface area contributed by atoms with E-state index in [0.29, 0.717) is 0 Å². The zero-order valence-electron chi connectivity index (χ0n) is 8.25. The summed E-state index contributed by atoms with van der Waals surface area (Å²) in [5.41, 5.74) is 0. The van der Waals surface area contributed by atoms with Crippen molar-refractivity contribution in [3.63, 3.8) is 0 Å². The number of rotatable bonds is 2. The van der Waals surface area contributed by atoms with Crippen molar-refractivity contribution in [1.29, 1.82) is 0 Å². The molecule has 0 radical (unpaired) electrons. The second-order valence-electron chi connectivity index (χ2n) is 4.43. The van der Waals surface area contributed by atoms with Crippen LogP contribution >= 0.6 is 11.8 Å². The summed E-state index contributed by atoms with van der Waals surface area (Å²) in [6, 6.07) is 0. The summed E-state index contributed by atoms with van der Waals surface area (Å²) < 4.78 is 0. The molecule has 1 saturated heterocycles. The van der Waals surface area contributed by atoms with Crippen molar-refractivity contribution in [2.75, 3.05) is 0 Å². The molecule has 1 heterocycles. The highest BCUT2D eigenvalue weighted by Crippen LogP contribution is 2.52. The predicted octanol–water partition coefficient (Wildman–Crippen LogP) is 3.71. The molecule has 0 bridgehead atoms. The summed E-state index contributed by atoms with van der Waals surface area (Å²) in [4.78, 5) is 0. The maximum Gasteiger partial charge on any atom is 0.00810 e. The van der Waals surface area contributed by atoms with Gasteiger partial charge in [0.15, 0.2) is 0 Å². The number of thioether (sulfide) groups is 1. The normalized spacial score (nSPS) is 46.5. The summed E-state index contributed by atoms with van der Waals surface area (Å²) in [5.74, 6) is 2.19. The van der Waals surface area contributed by atoms with Crippen LogP contribution in [0.5, 0.6) is 0 Å². The molecule has 2 aliphatic rings. The Bertz CT molecular complexity index is 155. The number of hydrogen-bond donors (Lipinski definition) is 0. The van der Waals surface area contributed by atoms with Gasteiger partial charge in [-0.1, -0.05) is 26.7 Å². The first-order chi connectivity index (χ1) is 5.83. The fraction of sp³-hybridized carbons (Fsp3) is 1.00. The third-order valence-corrected chi connectivity index (χ3v) is 5.38. The largest absolute Gasteiger partial charge is 0.155 e. The number of fused-ring (bicyclic) bond motifs is 1. The molecule has 0 aromatic carbocycles.